The van der Waals surface area contributed by atoms with Crippen molar-refractivity contribution < 1.29 is 29.6 Å². The van der Waals surface area contributed by atoms with Crippen LogP contribution < -0.4 is 0 Å². The number of carboxylic acids is 1. The predicted molar refractivity (Wildman–Crippen MR) is 117 cm³/mol. The Morgan fingerprint density at radius 1 is 0.933 bits per heavy atom. The van der Waals surface area contributed by atoms with E-state index in [1.54, 1.807) is 19.9 Å². The highest BCUT2D eigenvalue weighted by atomic mass is 16.5. The molecule has 0 amide bonds. The first-order chi connectivity index (χ1) is 14.0. The number of phenols is 2. The molecular formula is C24H38O6. The number of aliphatic carboxylic acids is 1. The van der Waals surface area contributed by atoms with Crippen molar-refractivity contribution in [2.45, 2.75) is 97.5 Å². The van der Waals surface area contributed by atoms with Gasteiger partial charge in [-0.1, -0.05) is 25.3 Å². The van der Waals surface area contributed by atoms with Crippen molar-refractivity contribution in [3.63, 3.8) is 0 Å². The first kappa shape index (κ1) is 25.8. The molecule has 0 spiro atoms. The van der Waals surface area contributed by atoms with E-state index in [1.165, 1.54) is 0 Å². The van der Waals surface area contributed by atoms with Gasteiger partial charge in [-0.3, -0.25) is 9.59 Å². The maximum absolute atomic E-state index is 11.1. The van der Waals surface area contributed by atoms with Gasteiger partial charge in [-0.2, -0.15) is 0 Å². The van der Waals surface area contributed by atoms with Crippen molar-refractivity contribution >= 4 is 12.4 Å². The molecule has 6 heteroatoms. The number of aryl methyl sites for hydroxylation is 2. The van der Waals surface area contributed by atoms with Gasteiger partial charge >= 0.3 is 5.97 Å². The molecule has 0 bridgehead atoms. The number of carbonyl (C=O) groups excluding carboxylic acids is 1. The van der Waals surface area contributed by atoms with Crippen molar-refractivity contribution in [2.75, 3.05) is 0 Å². The van der Waals surface area contributed by atoms with E-state index in [0.717, 1.165) is 62.5 Å². The number of rotatable bonds is 15. The highest BCUT2D eigenvalue weighted by Gasteiger charge is 2.25. The van der Waals surface area contributed by atoms with Crippen LogP contribution in [-0.2, 0) is 27.2 Å². The summed E-state index contributed by atoms with van der Waals surface area (Å²) in [4.78, 5) is 21.6. The fourth-order valence-corrected chi connectivity index (χ4v) is 3.49. The fourth-order valence-electron chi connectivity index (χ4n) is 3.49. The molecule has 1 rings (SSSR count). The number of unbranched alkanes of at least 4 members (excludes halogenated alkanes) is 4. The molecule has 0 radical (unpaired) electrons. The van der Waals surface area contributed by atoms with Gasteiger partial charge in [0.05, 0.1) is 5.41 Å². The highest BCUT2D eigenvalue weighted by molar-refractivity contribution is 5.73. The van der Waals surface area contributed by atoms with E-state index in [4.69, 9.17) is 9.84 Å². The Bertz CT molecular complexity index is 693. The van der Waals surface area contributed by atoms with Gasteiger partial charge in [0, 0.05) is 0 Å². The highest BCUT2D eigenvalue weighted by Crippen LogP contribution is 2.33. The van der Waals surface area contributed by atoms with Gasteiger partial charge in [0.2, 0.25) is 0 Å². The molecule has 0 atom stereocenters. The largest absolute Gasteiger partial charge is 0.504 e. The van der Waals surface area contributed by atoms with Crippen molar-refractivity contribution in [3.8, 4) is 11.5 Å². The molecule has 1 aromatic rings. The van der Waals surface area contributed by atoms with Gasteiger partial charge < -0.3 is 20.1 Å². The minimum atomic E-state index is -0.755. The van der Waals surface area contributed by atoms with Crippen LogP contribution in [-0.4, -0.2) is 33.4 Å². The number of aromatic hydroxyl groups is 2. The van der Waals surface area contributed by atoms with E-state index in [-0.39, 0.29) is 11.5 Å². The standard InChI is InChI=1S/C24H38O6/c1-23(2,22(28)29)13-9-6-5-7-11-18-15-19(21(27)20(26)16-18)12-8-10-14-24(3,4)30-17-25/h15-17,26-27H,5-14H2,1-4H3,(H,28,29). The number of ether oxygens (including phenoxy) is 1. The lowest BCUT2D eigenvalue weighted by Gasteiger charge is -2.22. The monoisotopic (exact) mass is 422 g/mol. The van der Waals surface area contributed by atoms with Crippen molar-refractivity contribution in [1.82, 2.24) is 0 Å². The topological polar surface area (TPSA) is 104 Å². The molecule has 3 N–H and O–H groups in total. The molecule has 0 aliphatic carbocycles. The van der Waals surface area contributed by atoms with Crippen molar-refractivity contribution in [1.29, 1.82) is 0 Å². The summed E-state index contributed by atoms with van der Waals surface area (Å²) < 4.78 is 5.05. The van der Waals surface area contributed by atoms with Crippen LogP contribution in [0.1, 0.15) is 90.2 Å². The van der Waals surface area contributed by atoms with E-state index < -0.39 is 17.0 Å². The zero-order chi connectivity index (χ0) is 22.8. The average Bonchev–Trinajstić information content (AvgIpc) is 2.64. The van der Waals surface area contributed by atoms with E-state index in [9.17, 15) is 19.8 Å². The van der Waals surface area contributed by atoms with Gasteiger partial charge in [0.1, 0.15) is 5.60 Å². The molecule has 0 saturated heterocycles. The lowest BCUT2D eigenvalue weighted by molar-refractivity contribution is -0.147. The van der Waals surface area contributed by atoms with Crippen LogP contribution in [0.5, 0.6) is 11.5 Å². The number of hydrogen-bond acceptors (Lipinski definition) is 5. The zero-order valence-electron chi connectivity index (χ0n) is 18.9. The Balaban J connectivity index is 2.45. The first-order valence-electron chi connectivity index (χ1n) is 10.9. The average molecular weight is 423 g/mol. The zero-order valence-corrected chi connectivity index (χ0v) is 18.9. The Morgan fingerprint density at radius 3 is 2.17 bits per heavy atom. The first-order valence-corrected chi connectivity index (χ1v) is 10.9. The van der Waals surface area contributed by atoms with E-state index >= 15 is 0 Å². The number of phenolic OH excluding ortho intramolecular Hbond substituents is 2. The maximum atomic E-state index is 11.1. The van der Waals surface area contributed by atoms with E-state index in [2.05, 4.69) is 0 Å². The van der Waals surface area contributed by atoms with Crippen molar-refractivity contribution in [3.05, 3.63) is 23.3 Å². The van der Waals surface area contributed by atoms with Crippen LogP contribution in [0.4, 0.5) is 0 Å². The van der Waals surface area contributed by atoms with Gasteiger partial charge in [-0.25, -0.2) is 0 Å². The Morgan fingerprint density at radius 2 is 1.53 bits per heavy atom. The van der Waals surface area contributed by atoms with Crippen LogP contribution in [0.25, 0.3) is 0 Å². The molecule has 0 aliphatic heterocycles. The third-order valence-corrected chi connectivity index (χ3v) is 5.67. The summed E-state index contributed by atoms with van der Waals surface area (Å²) in [6, 6.07) is 3.57. The van der Waals surface area contributed by atoms with Crippen LogP contribution in [0, 0.1) is 5.41 Å². The smallest absolute Gasteiger partial charge is 0.309 e. The Hall–Kier alpha value is -2.24. The SMILES string of the molecule is CC(C)(CCCCc1cc(CCCCCCC(C)(C)C(=O)O)cc(O)c1O)OC=O. The molecular weight excluding hydrogens is 384 g/mol. The number of benzene rings is 1. The molecule has 170 valence electrons. The van der Waals surface area contributed by atoms with E-state index in [1.807, 2.05) is 19.9 Å². The summed E-state index contributed by atoms with van der Waals surface area (Å²) in [5, 5.41) is 29.4. The number of hydrogen-bond donors (Lipinski definition) is 3. The van der Waals surface area contributed by atoms with Crippen LogP contribution in [0.2, 0.25) is 0 Å². The summed E-state index contributed by atoms with van der Waals surface area (Å²) in [7, 11) is 0. The molecule has 6 nitrogen and oxygen atoms in total. The summed E-state index contributed by atoms with van der Waals surface area (Å²) in [6.45, 7) is 7.72. The van der Waals surface area contributed by atoms with E-state index in [0.29, 0.717) is 19.3 Å². The minimum Gasteiger partial charge on any atom is -0.504 e. The molecule has 0 aliphatic rings. The lowest BCUT2D eigenvalue weighted by Crippen LogP contribution is -2.23. The molecule has 1 aromatic carbocycles. The van der Waals surface area contributed by atoms with Gasteiger partial charge in [0.15, 0.2) is 11.5 Å². The predicted octanol–water partition coefficient (Wildman–Crippen LogP) is 5.37. The second-order valence-corrected chi connectivity index (χ2v) is 9.41. The normalized spacial score (nSPS) is 12.0. The number of carbonyl (C=O) groups is 2. The molecule has 0 heterocycles. The third-order valence-electron chi connectivity index (χ3n) is 5.67. The number of carboxylic acid groups (broad SMARTS) is 1. The second kappa shape index (κ2) is 11.8. The summed E-state index contributed by atoms with van der Waals surface area (Å²) in [6.07, 6.45) is 8.34. The molecule has 0 fully saturated rings. The Kier molecular flexibility index (Phi) is 10.2. The summed E-state index contributed by atoms with van der Waals surface area (Å²) in [5.74, 6) is -0.900. The van der Waals surface area contributed by atoms with Crippen LogP contribution in [0.3, 0.4) is 0 Å². The van der Waals surface area contributed by atoms with Gasteiger partial charge in [0.25, 0.3) is 6.47 Å². The van der Waals surface area contributed by atoms with Crippen molar-refractivity contribution in [2.24, 2.45) is 5.41 Å². The lowest BCUT2D eigenvalue weighted by atomic mass is 9.87. The molecule has 0 saturated carbocycles. The maximum Gasteiger partial charge on any atom is 0.309 e. The van der Waals surface area contributed by atoms with Crippen LogP contribution >= 0.6 is 0 Å². The molecule has 0 aromatic heterocycles. The fraction of sp³-hybridized carbons (Fsp3) is 0.667. The van der Waals surface area contributed by atoms with Gasteiger partial charge in [-0.05, 0) is 89.8 Å². The summed E-state index contributed by atoms with van der Waals surface area (Å²) >= 11 is 0. The molecule has 0 unspecified atom stereocenters. The molecule has 30 heavy (non-hydrogen) atoms. The van der Waals surface area contributed by atoms with Gasteiger partial charge in [-0.15, -0.1) is 0 Å². The minimum absolute atomic E-state index is 0.0574. The second-order valence-electron chi connectivity index (χ2n) is 9.41. The quantitative estimate of drug-likeness (QED) is 0.199. The third kappa shape index (κ3) is 9.06. The summed E-state index contributed by atoms with van der Waals surface area (Å²) in [5.41, 5.74) is 0.567. The van der Waals surface area contributed by atoms with Crippen LogP contribution in [0.15, 0.2) is 12.1 Å². The Labute approximate surface area is 180 Å².